The topological polar surface area (TPSA) is 29.5 Å². The molecule has 2 rings (SSSR count). The van der Waals surface area contributed by atoms with E-state index in [2.05, 4.69) is 0 Å². The summed E-state index contributed by atoms with van der Waals surface area (Å²) >= 11 is 0. The molecular weight excluding hydrogens is 281 g/mol. The number of aryl methyl sites for hydroxylation is 2. The Morgan fingerprint density at radius 3 is 2.19 bits per heavy atom. The van der Waals surface area contributed by atoms with Crippen molar-refractivity contribution in [2.45, 2.75) is 51.3 Å². The number of rotatable bonds is 2. The molecule has 0 saturated heterocycles. The zero-order chi connectivity index (χ0) is 15.8. The SMILES string of the molecule is COc1cc(C)c(C2(O)CCC(C(F)(F)F)CC2)cc1C. The first kappa shape index (κ1) is 16.1. The van der Waals surface area contributed by atoms with Crippen molar-refractivity contribution in [1.29, 1.82) is 0 Å². The lowest BCUT2D eigenvalue weighted by Gasteiger charge is -2.38. The Morgan fingerprint density at radius 2 is 1.71 bits per heavy atom. The lowest BCUT2D eigenvalue weighted by molar-refractivity contribution is -0.193. The molecular formula is C16H21F3O2. The molecule has 1 N–H and O–H groups in total. The van der Waals surface area contributed by atoms with Gasteiger partial charge in [-0.15, -0.1) is 0 Å². The lowest BCUT2D eigenvalue weighted by atomic mass is 9.73. The second-order valence-corrected chi connectivity index (χ2v) is 5.98. The highest BCUT2D eigenvalue weighted by atomic mass is 19.4. The van der Waals surface area contributed by atoms with Gasteiger partial charge in [0.05, 0.1) is 18.6 Å². The summed E-state index contributed by atoms with van der Waals surface area (Å²) < 4.78 is 43.5. The number of ether oxygens (including phenoxy) is 1. The monoisotopic (exact) mass is 302 g/mol. The molecule has 21 heavy (non-hydrogen) atoms. The van der Waals surface area contributed by atoms with Gasteiger partial charge < -0.3 is 9.84 Å². The maximum absolute atomic E-state index is 12.7. The lowest BCUT2D eigenvalue weighted by Crippen LogP contribution is -2.36. The van der Waals surface area contributed by atoms with Crippen LogP contribution in [0.2, 0.25) is 0 Å². The fourth-order valence-corrected chi connectivity index (χ4v) is 3.20. The fourth-order valence-electron chi connectivity index (χ4n) is 3.20. The number of hydrogen-bond donors (Lipinski definition) is 1. The summed E-state index contributed by atoms with van der Waals surface area (Å²) in [5.74, 6) is -0.568. The first-order chi connectivity index (χ1) is 9.67. The van der Waals surface area contributed by atoms with Gasteiger partial charge in [-0.05, 0) is 68.4 Å². The van der Waals surface area contributed by atoms with Crippen molar-refractivity contribution >= 4 is 0 Å². The van der Waals surface area contributed by atoms with Crippen LogP contribution in [0.3, 0.4) is 0 Å². The summed E-state index contributed by atoms with van der Waals surface area (Å²) in [6, 6.07) is 3.67. The van der Waals surface area contributed by atoms with Crippen LogP contribution in [-0.4, -0.2) is 18.4 Å². The highest BCUT2D eigenvalue weighted by Gasteiger charge is 2.46. The maximum Gasteiger partial charge on any atom is 0.391 e. The molecule has 1 aromatic carbocycles. The van der Waals surface area contributed by atoms with Gasteiger partial charge in [0.25, 0.3) is 0 Å². The Balaban J connectivity index is 2.25. The number of methoxy groups -OCH3 is 1. The molecule has 2 nitrogen and oxygen atoms in total. The van der Waals surface area contributed by atoms with Crippen LogP contribution >= 0.6 is 0 Å². The summed E-state index contributed by atoms with van der Waals surface area (Å²) in [6.07, 6.45) is -3.92. The molecule has 0 heterocycles. The van der Waals surface area contributed by atoms with E-state index in [0.717, 1.165) is 22.4 Å². The first-order valence-electron chi connectivity index (χ1n) is 7.12. The smallest absolute Gasteiger partial charge is 0.391 e. The minimum atomic E-state index is -4.16. The maximum atomic E-state index is 12.7. The molecule has 0 unspecified atom stereocenters. The highest BCUT2D eigenvalue weighted by Crippen LogP contribution is 2.46. The summed E-state index contributed by atoms with van der Waals surface area (Å²) in [6.45, 7) is 3.72. The van der Waals surface area contributed by atoms with Crippen LogP contribution in [0.25, 0.3) is 0 Å². The Morgan fingerprint density at radius 1 is 1.14 bits per heavy atom. The average Bonchev–Trinajstić information content (AvgIpc) is 2.40. The molecule has 1 fully saturated rings. The van der Waals surface area contributed by atoms with Crippen molar-refractivity contribution in [2.75, 3.05) is 7.11 Å². The Labute approximate surface area is 122 Å². The molecule has 1 aliphatic carbocycles. The molecule has 0 spiro atoms. The van der Waals surface area contributed by atoms with E-state index in [1.807, 2.05) is 26.0 Å². The van der Waals surface area contributed by atoms with Crippen LogP contribution in [0, 0.1) is 19.8 Å². The van der Waals surface area contributed by atoms with Gasteiger partial charge in [0, 0.05) is 0 Å². The molecule has 0 bridgehead atoms. The van der Waals surface area contributed by atoms with Gasteiger partial charge in [-0.1, -0.05) is 0 Å². The largest absolute Gasteiger partial charge is 0.496 e. The number of aliphatic hydroxyl groups is 1. The second kappa shape index (κ2) is 5.52. The van der Waals surface area contributed by atoms with Crippen molar-refractivity contribution in [1.82, 2.24) is 0 Å². The molecule has 0 amide bonds. The van der Waals surface area contributed by atoms with Crippen molar-refractivity contribution in [3.8, 4) is 5.75 Å². The standard InChI is InChI=1S/C16H21F3O2/c1-10-9-14(21-3)11(2)8-13(10)15(20)6-4-12(5-7-15)16(17,18)19/h8-9,12,20H,4-7H2,1-3H3. The minimum Gasteiger partial charge on any atom is -0.496 e. The number of halogens is 3. The van der Waals surface area contributed by atoms with Crippen molar-refractivity contribution in [3.05, 3.63) is 28.8 Å². The van der Waals surface area contributed by atoms with Crippen molar-refractivity contribution in [3.63, 3.8) is 0 Å². The third-order valence-corrected chi connectivity index (χ3v) is 4.52. The Bertz CT molecular complexity index is 515. The van der Waals surface area contributed by atoms with E-state index in [0.29, 0.717) is 0 Å². The molecule has 0 atom stereocenters. The van der Waals surface area contributed by atoms with Crippen LogP contribution in [0.15, 0.2) is 12.1 Å². The normalized spacial score (nSPS) is 26.7. The molecule has 1 saturated carbocycles. The van der Waals surface area contributed by atoms with Gasteiger partial charge in [-0.2, -0.15) is 13.2 Å². The van der Waals surface area contributed by atoms with E-state index in [1.54, 1.807) is 7.11 Å². The molecule has 5 heteroatoms. The van der Waals surface area contributed by atoms with Crippen molar-refractivity contribution in [2.24, 2.45) is 5.92 Å². The van der Waals surface area contributed by atoms with Crippen LogP contribution in [0.4, 0.5) is 13.2 Å². The quantitative estimate of drug-likeness (QED) is 0.885. The minimum absolute atomic E-state index is 0.0233. The average molecular weight is 302 g/mol. The van der Waals surface area contributed by atoms with E-state index in [9.17, 15) is 18.3 Å². The summed E-state index contributed by atoms with van der Waals surface area (Å²) in [4.78, 5) is 0. The highest BCUT2D eigenvalue weighted by molar-refractivity contribution is 5.44. The van der Waals surface area contributed by atoms with E-state index in [4.69, 9.17) is 4.74 Å². The third-order valence-electron chi connectivity index (χ3n) is 4.52. The predicted octanol–water partition coefficient (Wildman–Crippen LogP) is 4.25. The third kappa shape index (κ3) is 3.18. The first-order valence-corrected chi connectivity index (χ1v) is 7.12. The molecule has 0 radical (unpaired) electrons. The van der Waals surface area contributed by atoms with Crippen LogP contribution in [0.5, 0.6) is 5.75 Å². The van der Waals surface area contributed by atoms with E-state index >= 15 is 0 Å². The van der Waals surface area contributed by atoms with Crippen molar-refractivity contribution < 1.29 is 23.0 Å². The molecule has 118 valence electrons. The Hall–Kier alpha value is -1.23. The molecule has 1 aromatic rings. The van der Waals surface area contributed by atoms with Gasteiger partial charge >= 0.3 is 6.18 Å². The summed E-state index contributed by atoms with van der Waals surface area (Å²) in [5, 5.41) is 10.8. The zero-order valence-electron chi connectivity index (χ0n) is 12.5. The van der Waals surface area contributed by atoms with Gasteiger partial charge in [0.1, 0.15) is 5.75 Å². The Kier molecular flexibility index (Phi) is 4.24. The van der Waals surface area contributed by atoms with Gasteiger partial charge in [0.15, 0.2) is 0 Å². The van der Waals surface area contributed by atoms with Crippen LogP contribution < -0.4 is 4.74 Å². The van der Waals surface area contributed by atoms with Gasteiger partial charge in [0.2, 0.25) is 0 Å². The van der Waals surface area contributed by atoms with Crippen LogP contribution in [0.1, 0.15) is 42.4 Å². The van der Waals surface area contributed by atoms with E-state index in [1.165, 1.54) is 0 Å². The molecule has 1 aliphatic rings. The second-order valence-electron chi connectivity index (χ2n) is 5.98. The summed E-state index contributed by atoms with van der Waals surface area (Å²) in [7, 11) is 1.57. The number of hydrogen-bond acceptors (Lipinski definition) is 2. The summed E-state index contributed by atoms with van der Waals surface area (Å²) in [5.41, 5.74) is 1.29. The van der Waals surface area contributed by atoms with Gasteiger partial charge in [-0.3, -0.25) is 0 Å². The van der Waals surface area contributed by atoms with E-state index in [-0.39, 0.29) is 25.7 Å². The van der Waals surface area contributed by atoms with Crippen LogP contribution in [-0.2, 0) is 5.60 Å². The fraction of sp³-hybridized carbons (Fsp3) is 0.625. The molecule has 0 aromatic heterocycles. The zero-order valence-corrected chi connectivity index (χ0v) is 12.5. The number of benzene rings is 1. The van der Waals surface area contributed by atoms with Gasteiger partial charge in [-0.25, -0.2) is 0 Å². The predicted molar refractivity (Wildman–Crippen MR) is 74.4 cm³/mol. The van der Waals surface area contributed by atoms with E-state index < -0.39 is 17.7 Å². The molecule has 0 aliphatic heterocycles. The number of alkyl halides is 3.